The zero-order valence-corrected chi connectivity index (χ0v) is 28.0. The number of nitrogens with zero attached hydrogens (tertiary/aromatic N) is 2. The van der Waals surface area contributed by atoms with Crippen LogP contribution in [0.3, 0.4) is 0 Å². The van der Waals surface area contributed by atoms with Gasteiger partial charge in [0.25, 0.3) is 11.5 Å². The van der Waals surface area contributed by atoms with Crippen LogP contribution in [0.4, 0.5) is 5.69 Å². The Kier molecular flexibility index (Phi) is 9.63. The van der Waals surface area contributed by atoms with E-state index in [1.807, 2.05) is 86.7 Å². The number of ether oxygens (including phenoxy) is 2. The highest BCUT2D eigenvalue weighted by Crippen LogP contribution is 2.32. The second-order valence-corrected chi connectivity index (χ2v) is 12.7. The molecule has 0 aliphatic carbocycles. The molecule has 1 atom stereocenters. The van der Waals surface area contributed by atoms with E-state index in [1.54, 1.807) is 10.6 Å². The number of amides is 1. The molecule has 10 heteroatoms. The summed E-state index contributed by atoms with van der Waals surface area (Å²) in [4.78, 5) is 33.1. The van der Waals surface area contributed by atoms with Gasteiger partial charge in [0.1, 0.15) is 18.1 Å². The van der Waals surface area contributed by atoms with Crippen LogP contribution in [0.2, 0.25) is 0 Å². The molecular weight excluding hydrogens is 776 g/mol. The molecule has 4 aromatic rings. The number of carbonyl (C=O) groups is 1. The summed E-state index contributed by atoms with van der Waals surface area (Å²) in [5.74, 6) is 1.19. The maximum atomic E-state index is 14.0. The molecular formula is C32H27I2N3O4S. The van der Waals surface area contributed by atoms with Crippen LogP contribution in [-0.2, 0) is 4.79 Å². The van der Waals surface area contributed by atoms with E-state index >= 15 is 0 Å². The predicted octanol–water partition coefficient (Wildman–Crippen LogP) is 6.05. The van der Waals surface area contributed by atoms with Gasteiger partial charge in [0.05, 0.1) is 35.6 Å². The highest BCUT2D eigenvalue weighted by Gasteiger charge is 2.32. The zero-order chi connectivity index (χ0) is 29.8. The Balaban J connectivity index is 1.63. The SMILES string of the molecule is C=CCOc1c(I)cc(C=c2sc3n(c2=O)C(c2ccc(OCC)cc2)C(C(=O)Nc2ccccc2)=C(C)N=3)cc1I. The van der Waals surface area contributed by atoms with Gasteiger partial charge in [-0.2, -0.15) is 0 Å². The van der Waals surface area contributed by atoms with Crippen molar-refractivity contribution in [2.75, 3.05) is 18.5 Å². The summed E-state index contributed by atoms with van der Waals surface area (Å²) in [6.07, 6.45) is 3.57. The van der Waals surface area contributed by atoms with E-state index in [0.29, 0.717) is 39.5 Å². The summed E-state index contributed by atoms with van der Waals surface area (Å²) in [6.45, 7) is 8.40. The van der Waals surface area contributed by atoms with Gasteiger partial charge < -0.3 is 14.8 Å². The van der Waals surface area contributed by atoms with Crippen molar-refractivity contribution in [1.82, 2.24) is 4.57 Å². The number of halogens is 2. The molecule has 0 spiro atoms. The van der Waals surface area contributed by atoms with Crippen molar-refractivity contribution in [1.29, 1.82) is 0 Å². The van der Waals surface area contributed by atoms with Crippen LogP contribution >= 0.6 is 56.5 Å². The molecule has 1 aromatic heterocycles. The van der Waals surface area contributed by atoms with Crippen LogP contribution < -0.4 is 29.7 Å². The molecule has 0 fully saturated rings. The quantitative estimate of drug-likeness (QED) is 0.165. The summed E-state index contributed by atoms with van der Waals surface area (Å²) < 4.78 is 15.5. The molecule has 7 nitrogen and oxygen atoms in total. The maximum absolute atomic E-state index is 14.0. The molecule has 5 rings (SSSR count). The van der Waals surface area contributed by atoms with Crippen LogP contribution in [0.15, 0.2) is 100 Å². The second-order valence-electron chi connectivity index (χ2n) is 9.32. The van der Waals surface area contributed by atoms with Crippen LogP contribution in [0.5, 0.6) is 11.5 Å². The third kappa shape index (κ3) is 6.40. The first-order valence-electron chi connectivity index (χ1n) is 13.1. The van der Waals surface area contributed by atoms with E-state index in [0.717, 1.165) is 29.8 Å². The van der Waals surface area contributed by atoms with Gasteiger partial charge in [-0.05, 0) is 113 Å². The summed E-state index contributed by atoms with van der Waals surface area (Å²) >= 11 is 5.78. The number of nitrogens with one attached hydrogen (secondary N) is 1. The van der Waals surface area contributed by atoms with Crippen molar-refractivity contribution in [2.24, 2.45) is 4.99 Å². The fraction of sp³-hybridized carbons (Fsp3) is 0.156. The van der Waals surface area contributed by atoms with Crippen LogP contribution in [0, 0.1) is 7.14 Å². The summed E-state index contributed by atoms with van der Waals surface area (Å²) in [7, 11) is 0. The van der Waals surface area contributed by atoms with Crippen molar-refractivity contribution in [2.45, 2.75) is 19.9 Å². The largest absolute Gasteiger partial charge is 0.494 e. The summed E-state index contributed by atoms with van der Waals surface area (Å²) in [5, 5.41) is 2.98. The average Bonchev–Trinajstić information content (AvgIpc) is 3.27. The van der Waals surface area contributed by atoms with Gasteiger partial charge in [0.2, 0.25) is 0 Å². The summed E-state index contributed by atoms with van der Waals surface area (Å²) in [6, 6.07) is 20.1. The van der Waals surface area contributed by atoms with Gasteiger partial charge in [-0.3, -0.25) is 14.2 Å². The fourth-order valence-corrected chi connectivity index (χ4v) is 7.83. The zero-order valence-electron chi connectivity index (χ0n) is 22.9. The van der Waals surface area contributed by atoms with E-state index in [2.05, 4.69) is 57.1 Å². The van der Waals surface area contributed by atoms with E-state index in [-0.39, 0.29) is 11.5 Å². The molecule has 1 unspecified atom stereocenters. The van der Waals surface area contributed by atoms with Crippen molar-refractivity contribution in [3.8, 4) is 11.5 Å². The Labute approximate surface area is 274 Å². The topological polar surface area (TPSA) is 81.9 Å². The number of allylic oxidation sites excluding steroid dienone is 1. The van der Waals surface area contributed by atoms with Gasteiger partial charge >= 0.3 is 0 Å². The number of hydrogen-bond acceptors (Lipinski definition) is 6. The first kappa shape index (κ1) is 30.2. The normalized spacial score (nSPS) is 14.7. The van der Waals surface area contributed by atoms with Crippen LogP contribution in [0.1, 0.15) is 31.0 Å². The van der Waals surface area contributed by atoms with Gasteiger partial charge in [-0.15, -0.1) is 0 Å². The fourth-order valence-electron chi connectivity index (χ4n) is 4.65. The molecule has 0 saturated carbocycles. The molecule has 0 saturated heterocycles. The van der Waals surface area contributed by atoms with Crippen molar-refractivity contribution < 1.29 is 14.3 Å². The van der Waals surface area contributed by atoms with Gasteiger partial charge in [0, 0.05) is 5.69 Å². The minimum atomic E-state index is -0.669. The smallest absolute Gasteiger partial charge is 0.271 e. The molecule has 1 N–H and O–H groups in total. The van der Waals surface area contributed by atoms with Crippen LogP contribution in [-0.4, -0.2) is 23.7 Å². The lowest BCUT2D eigenvalue weighted by Gasteiger charge is -2.25. The van der Waals surface area contributed by atoms with Crippen molar-refractivity contribution >= 4 is 74.2 Å². The molecule has 1 aliphatic heterocycles. The first-order valence-corrected chi connectivity index (χ1v) is 16.1. The van der Waals surface area contributed by atoms with Gasteiger partial charge in [-0.25, -0.2) is 4.99 Å². The Hall–Kier alpha value is -3.23. The Morgan fingerprint density at radius 1 is 1.10 bits per heavy atom. The van der Waals surface area contributed by atoms with E-state index in [4.69, 9.17) is 14.5 Å². The number of thiazole rings is 1. The average molecular weight is 803 g/mol. The van der Waals surface area contributed by atoms with E-state index in [9.17, 15) is 9.59 Å². The van der Waals surface area contributed by atoms with Crippen LogP contribution in [0.25, 0.3) is 6.08 Å². The maximum Gasteiger partial charge on any atom is 0.271 e. The highest BCUT2D eigenvalue weighted by atomic mass is 127. The number of aromatic nitrogens is 1. The molecule has 42 heavy (non-hydrogen) atoms. The molecule has 214 valence electrons. The number of benzene rings is 3. The second kappa shape index (κ2) is 13.4. The Bertz CT molecular complexity index is 1840. The summed E-state index contributed by atoms with van der Waals surface area (Å²) in [5.41, 5.74) is 3.07. The predicted molar refractivity (Wildman–Crippen MR) is 184 cm³/mol. The molecule has 0 bridgehead atoms. The molecule has 3 aromatic carbocycles. The van der Waals surface area contributed by atoms with Gasteiger partial charge in [0.15, 0.2) is 4.80 Å². The van der Waals surface area contributed by atoms with Gasteiger partial charge in [-0.1, -0.05) is 54.3 Å². The van der Waals surface area contributed by atoms with E-state index in [1.165, 1.54) is 11.3 Å². The molecule has 2 heterocycles. The molecule has 0 radical (unpaired) electrons. The minimum absolute atomic E-state index is 0.216. The third-order valence-corrected chi connectivity index (χ3v) is 9.05. The standard InChI is InChI=1S/C32H27I2N3O4S/c1-4-15-41-29-24(33)16-20(17-25(29)34)18-26-31(39)37-28(21-11-13-23(14-12-21)40-5-2)27(19(3)35-32(37)42-26)30(38)36-22-9-7-6-8-10-22/h4,6-14,16-18,28H,1,5,15H2,2-3H3,(H,36,38). The number of rotatable bonds is 9. The highest BCUT2D eigenvalue weighted by molar-refractivity contribution is 14.1. The van der Waals surface area contributed by atoms with Crippen molar-refractivity contribution in [3.05, 3.63) is 129 Å². The first-order chi connectivity index (χ1) is 20.3. The lowest BCUT2D eigenvalue weighted by Crippen LogP contribution is -2.40. The third-order valence-electron chi connectivity index (χ3n) is 6.47. The Morgan fingerprint density at radius 3 is 2.43 bits per heavy atom. The number of para-hydroxylation sites is 1. The number of anilines is 1. The molecule has 1 amide bonds. The lowest BCUT2D eigenvalue weighted by atomic mass is 9.95. The molecule has 1 aliphatic rings. The van der Waals surface area contributed by atoms with E-state index < -0.39 is 6.04 Å². The number of fused-ring (bicyclic) bond motifs is 1. The number of hydrogen-bond donors (Lipinski definition) is 1. The lowest BCUT2D eigenvalue weighted by molar-refractivity contribution is -0.113. The number of carbonyl (C=O) groups excluding carboxylic acids is 1. The minimum Gasteiger partial charge on any atom is -0.494 e. The monoisotopic (exact) mass is 803 g/mol. The Morgan fingerprint density at radius 2 is 1.79 bits per heavy atom. The van der Waals surface area contributed by atoms with Crippen molar-refractivity contribution in [3.63, 3.8) is 0 Å².